The summed E-state index contributed by atoms with van der Waals surface area (Å²) in [4.78, 5) is 13.8. The summed E-state index contributed by atoms with van der Waals surface area (Å²) in [5.41, 5.74) is -0.468. The molecule has 3 atom stereocenters. The van der Waals surface area contributed by atoms with E-state index in [4.69, 9.17) is 14.2 Å². The molecule has 0 aromatic carbocycles. The van der Waals surface area contributed by atoms with E-state index in [1.165, 1.54) is 0 Å². The highest BCUT2D eigenvalue weighted by Gasteiger charge is 2.38. The minimum absolute atomic E-state index is 0.00289. The molecule has 6 nitrogen and oxygen atoms in total. The van der Waals surface area contributed by atoms with Crippen molar-refractivity contribution in [3.05, 3.63) is 0 Å². The van der Waals surface area contributed by atoms with Gasteiger partial charge in [-0.3, -0.25) is 0 Å². The molecule has 0 spiro atoms. The predicted molar refractivity (Wildman–Crippen MR) is 74.8 cm³/mol. The fraction of sp³-hybridized carbons (Fsp3) is 0.929. The largest absolute Gasteiger partial charge is 0.444 e. The lowest BCUT2D eigenvalue weighted by Gasteiger charge is -2.24. The smallest absolute Gasteiger partial charge is 0.410 e. The van der Waals surface area contributed by atoms with Gasteiger partial charge in [0.15, 0.2) is 0 Å². The first-order valence-corrected chi connectivity index (χ1v) is 7.23. The third-order valence-corrected chi connectivity index (χ3v) is 3.60. The van der Waals surface area contributed by atoms with Crippen LogP contribution in [0, 0.1) is 0 Å². The predicted octanol–water partition coefficient (Wildman–Crippen LogP) is 0.999. The minimum atomic E-state index is -0.468. The van der Waals surface area contributed by atoms with E-state index in [9.17, 15) is 4.79 Å². The summed E-state index contributed by atoms with van der Waals surface area (Å²) >= 11 is 0. The summed E-state index contributed by atoms with van der Waals surface area (Å²) in [5.74, 6) is 0. The number of methoxy groups -OCH3 is 1. The Morgan fingerprint density at radius 3 is 2.65 bits per heavy atom. The van der Waals surface area contributed by atoms with Gasteiger partial charge in [0.1, 0.15) is 5.60 Å². The second kappa shape index (κ2) is 6.28. The number of hydrogen-bond acceptors (Lipinski definition) is 5. The van der Waals surface area contributed by atoms with Crippen LogP contribution in [0.15, 0.2) is 0 Å². The van der Waals surface area contributed by atoms with E-state index in [-0.39, 0.29) is 18.2 Å². The molecule has 116 valence electrons. The van der Waals surface area contributed by atoms with Crippen molar-refractivity contribution in [3.8, 4) is 0 Å². The Kier molecular flexibility index (Phi) is 4.88. The van der Waals surface area contributed by atoms with Gasteiger partial charge in [0.2, 0.25) is 0 Å². The highest BCUT2D eigenvalue weighted by atomic mass is 16.6. The summed E-state index contributed by atoms with van der Waals surface area (Å²) < 4.78 is 16.3. The fourth-order valence-electron chi connectivity index (χ4n) is 2.62. The number of amides is 1. The molecule has 0 bridgehead atoms. The molecule has 1 N–H and O–H groups in total. The number of hydrogen-bond donors (Lipinski definition) is 1. The van der Waals surface area contributed by atoms with E-state index in [0.717, 1.165) is 19.6 Å². The van der Waals surface area contributed by atoms with Gasteiger partial charge in [-0.1, -0.05) is 0 Å². The molecule has 1 amide bonds. The Bertz CT molecular complexity index is 337. The van der Waals surface area contributed by atoms with Crippen LogP contribution in [0.25, 0.3) is 0 Å². The first-order chi connectivity index (χ1) is 9.39. The molecule has 0 aromatic heterocycles. The molecule has 2 rings (SSSR count). The van der Waals surface area contributed by atoms with Crippen LogP contribution in [0.5, 0.6) is 0 Å². The molecule has 0 aliphatic carbocycles. The maximum atomic E-state index is 12.1. The van der Waals surface area contributed by atoms with Gasteiger partial charge in [0.25, 0.3) is 0 Å². The lowest BCUT2D eigenvalue weighted by molar-refractivity contribution is 0.0252. The molecule has 2 saturated heterocycles. The SMILES string of the molecule is CO[C@H]1CN(C(=O)OC(C)(C)C)CC1NC1CCOC1. The van der Waals surface area contributed by atoms with Crippen molar-refractivity contribution in [2.24, 2.45) is 0 Å². The third-order valence-electron chi connectivity index (χ3n) is 3.60. The zero-order chi connectivity index (χ0) is 14.8. The molecule has 20 heavy (non-hydrogen) atoms. The van der Waals surface area contributed by atoms with E-state index >= 15 is 0 Å². The summed E-state index contributed by atoms with van der Waals surface area (Å²) in [5, 5.41) is 3.53. The van der Waals surface area contributed by atoms with E-state index in [1.807, 2.05) is 20.8 Å². The second-order valence-electron chi connectivity index (χ2n) is 6.49. The first kappa shape index (κ1) is 15.5. The lowest BCUT2D eigenvalue weighted by atomic mass is 10.1. The Labute approximate surface area is 120 Å². The van der Waals surface area contributed by atoms with Crippen molar-refractivity contribution in [1.29, 1.82) is 0 Å². The molecule has 2 aliphatic heterocycles. The van der Waals surface area contributed by atoms with Gasteiger partial charge < -0.3 is 24.4 Å². The lowest BCUT2D eigenvalue weighted by Crippen LogP contribution is -2.46. The molecule has 0 saturated carbocycles. The van der Waals surface area contributed by atoms with Crippen molar-refractivity contribution >= 4 is 6.09 Å². The summed E-state index contributed by atoms with van der Waals surface area (Å²) in [6, 6.07) is 0.496. The second-order valence-corrected chi connectivity index (χ2v) is 6.49. The van der Waals surface area contributed by atoms with Crippen molar-refractivity contribution in [1.82, 2.24) is 10.2 Å². The molecule has 2 unspecified atom stereocenters. The summed E-state index contributed by atoms with van der Waals surface area (Å²) in [6.07, 6.45) is 0.744. The van der Waals surface area contributed by atoms with Gasteiger partial charge in [-0.05, 0) is 27.2 Å². The highest BCUT2D eigenvalue weighted by Crippen LogP contribution is 2.19. The van der Waals surface area contributed by atoms with Gasteiger partial charge in [0, 0.05) is 26.3 Å². The van der Waals surface area contributed by atoms with Crippen molar-refractivity contribution in [2.45, 2.75) is 51.0 Å². The van der Waals surface area contributed by atoms with Crippen LogP contribution < -0.4 is 5.32 Å². The van der Waals surface area contributed by atoms with Crippen molar-refractivity contribution < 1.29 is 19.0 Å². The van der Waals surface area contributed by atoms with Crippen molar-refractivity contribution in [2.75, 3.05) is 33.4 Å². The van der Waals surface area contributed by atoms with Gasteiger partial charge in [-0.25, -0.2) is 4.79 Å². The van der Waals surface area contributed by atoms with Gasteiger partial charge in [-0.15, -0.1) is 0 Å². The van der Waals surface area contributed by atoms with Crippen LogP contribution in [0.4, 0.5) is 4.79 Å². The molecule has 6 heteroatoms. The number of rotatable bonds is 3. The van der Waals surface area contributed by atoms with Crippen molar-refractivity contribution in [3.63, 3.8) is 0 Å². The standard InChI is InChI=1S/C14H26N2O4/c1-14(2,3)20-13(17)16-7-11(12(8-16)18-4)15-10-5-6-19-9-10/h10-12,15H,5-9H2,1-4H3/t10?,11?,12-/m0/s1. The topological polar surface area (TPSA) is 60.0 Å². The van der Waals surface area contributed by atoms with Crippen LogP contribution in [-0.2, 0) is 14.2 Å². The van der Waals surface area contributed by atoms with Crippen LogP contribution in [-0.4, -0.2) is 68.2 Å². The monoisotopic (exact) mass is 286 g/mol. The van der Waals surface area contributed by atoms with Gasteiger partial charge in [0.05, 0.1) is 25.3 Å². The van der Waals surface area contributed by atoms with E-state index < -0.39 is 5.60 Å². The average molecular weight is 286 g/mol. The van der Waals surface area contributed by atoms with Gasteiger partial charge in [-0.2, -0.15) is 0 Å². The van der Waals surface area contributed by atoms with E-state index in [0.29, 0.717) is 19.1 Å². The maximum absolute atomic E-state index is 12.1. The molecular formula is C14H26N2O4. The minimum Gasteiger partial charge on any atom is -0.444 e. The number of ether oxygens (including phenoxy) is 3. The Hall–Kier alpha value is -0.850. The number of likely N-dealkylation sites (tertiary alicyclic amines) is 1. The average Bonchev–Trinajstić information content (AvgIpc) is 2.96. The van der Waals surface area contributed by atoms with Gasteiger partial charge >= 0.3 is 6.09 Å². The number of carbonyl (C=O) groups is 1. The van der Waals surface area contributed by atoms with E-state index in [1.54, 1.807) is 12.0 Å². The van der Waals surface area contributed by atoms with Crippen LogP contribution in [0.1, 0.15) is 27.2 Å². The van der Waals surface area contributed by atoms with Crippen LogP contribution in [0.3, 0.4) is 0 Å². The number of carbonyl (C=O) groups excluding carboxylic acids is 1. The number of nitrogens with zero attached hydrogens (tertiary/aromatic N) is 1. The molecule has 0 radical (unpaired) electrons. The zero-order valence-electron chi connectivity index (χ0n) is 12.8. The first-order valence-electron chi connectivity index (χ1n) is 7.23. The molecule has 0 aromatic rings. The van der Waals surface area contributed by atoms with Crippen LogP contribution in [0.2, 0.25) is 0 Å². The zero-order valence-corrected chi connectivity index (χ0v) is 12.8. The molecule has 2 heterocycles. The fourth-order valence-corrected chi connectivity index (χ4v) is 2.62. The molecular weight excluding hydrogens is 260 g/mol. The Morgan fingerprint density at radius 2 is 2.10 bits per heavy atom. The third kappa shape index (κ3) is 4.07. The Morgan fingerprint density at radius 1 is 1.35 bits per heavy atom. The summed E-state index contributed by atoms with van der Waals surface area (Å²) in [7, 11) is 1.68. The number of nitrogens with one attached hydrogen (secondary N) is 1. The Balaban J connectivity index is 1.89. The van der Waals surface area contributed by atoms with Crippen LogP contribution >= 0.6 is 0 Å². The highest BCUT2D eigenvalue weighted by molar-refractivity contribution is 5.68. The molecule has 2 fully saturated rings. The van der Waals surface area contributed by atoms with E-state index in [2.05, 4.69) is 5.32 Å². The summed E-state index contributed by atoms with van der Waals surface area (Å²) in [6.45, 7) is 8.35. The quantitative estimate of drug-likeness (QED) is 0.838. The molecule has 2 aliphatic rings. The normalized spacial score (nSPS) is 30.8. The maximum Gasteiger partial charge on any atom is 0.410 e.